The van der Waals surface area contributed by atoms with Crippen molar-refractivity contribution < 1.29 is 26.5 Å². The number of hydrogen-bond donors (Lipinski definition) is 1. The van der Waals surface area contributed by atoms with Crippen molar-refractivity contribution in [2.45, 2.75) is 44.7 Å². The zero-order valence-corrected chi connectivity index (χ0v) is 25.5. The molecule has 1 aliphatic heterocycles. The van der Waals surface area contributed by atoms with E-state index in [0.717, 1.165) is 33.5 Å². The van der Waals surface area contributed by atoms with Crippen molar-refractivity contribution >= 4 is 33.0 Å². The fourth-order valence-corrected chi connectivity index (χ4v) is 6.25. The molecular weight excluding hydrogens is 577 g/mol. The first kappa shape index (κ1) is 29.5. The molecule has 0 fully saturated rings. The van der Waals surface area contributed by atoms with Gasteiger partial charge in [-0.25, -0.2) is 4.39 Å². The molecule has 0 aromatic heterocycles. The fraction of sp³-hybridized carbons (Fsp3) is 0.212. The second-order valence-corrected chi connectivity index (χ2v) is 12.7. The molecule has 0 aliphatic carbocycles. The van der Waals surface area contributed by atoms with Gasteiger partial charge in [0.05, 0.1) is 12.6 Å². The molecule has 4 aromatic rings. The molecule has 1 N–H and O–H groups in total. The number of nitrogens with one attached hydrogen (secondary N) is 1. The summed E-state index contributed by atoms with van der Waals surface area (Å²) in [6.07, 6.45) is 2.16. The Kier molecular flexibility index (Phi) is 7.96. The van der Waals surface area contributed by atoms with Crippen molar-refractivity contribution in [1.82, 2.24) is 0 Å². The predicted molar refractivity (Wildman–Crippen MR) is 165 cm³/mol. The van der Waals surface area contributed by atoms with Gasteiger partial charge in [-0.1, -0.05) is 29.8 Å². The zero-order valence-electron chi connectivity index (χ0n) is 23.9. The van der Waals surface area contributed by atoms with Crippen LogP contribution in [0.5, 0.6) is 17.2 Å². The maximum Gasteiger partial charge on any atom is 0.339 e. The summed E-state index contributed by atoms with van der Waals surface area (Å²) in [5.41, 5.74) is 5.97. The van der Waals surface area contributed by atoms with E-state index >= 15 is 0 Å². The summed E-state index contributed by atoms with van der Waals surface area (Å²) in [5.74, 6) is 0.576. The van der Waals surface area contributed by atoms with E-state index in [4.69, 9.17) is 25.3 Å². The molecule has 0 amide bonds. The quantitative estimate of drug-likeness (QED) is 0.203. The Balaban J connectivity index is 1.57. The van der Waals surface area contributed by atoms with E-state index < -0.39 is 10.1 Å². The van der Waals surface area contributed by atoms with Crippen LogP contribution < -0.4 is 19.0 Å². The van der Waals surface area contributed by atoms with Crippen LogP contribution in [0.25, 0.3) is 16.7 Å². The van der Waals surface area contributed by atoms with E-state index in [9.17, 15) is 12.8 Å². The van der Waals surface area contributed by atoms with Crippen molar-refractivity contribution in [3.63, 3.8) is 0 Å². The van der Waals surface area contributed by atoms with Crippen LogP contribution in [0, 0.1) is 12.7 Å². The van der Waals surface area contributed by atoms with Crippen LogP contribution in [-0.4, -0.2) is 21.1 Å². The second kappa shape index (κ2) is 11.3. The molecule has 4 aromatic carbocycles. The summed E-state index contributed by atoms with van der Waals surface area (Å²) in [6.45, 7) is 8.27. The molecule has 218 valence electrons. The first-order valence-corrected chi connectivity index (χ1v) is 15.1. The molecule has 9 heteroatoms. The third kappa shape index (κ3) is 6.10. The van der Waals surface area contributed by atoms with Crippen molar-refractivity contribution in [3.8, 4) is 28.4 Å². The number of benzene rings is 4. The third-order valence-electron chi connectivity index (χ3n) is 7.04. The van der Waals surface area contributed by atoms with Crippen molar-refractivity contribution in [2.24, 2.45) is 0 Å². The number of ether oxygens (including phenoxy) is 2. The smallest absolute Gasteiger partial charge is 0.339 e. The Labute approximate surface area is 250 Å². The van der Waals surface area contributed by atoms with Crippen LogP contribution in [0.4, 0.5) is 10.1 Å². The highest BCUT2D eigenvalue weighted by Crippen LogP contribution is 2.44. The monoisotopic (exact) mass is 607 g/mol. The van der Waals surface area contributed by atoms with Crippen molar-refractivity contribution in [3.05, 3.63) is 106 Å². The van der Waals surface area contributed by atoms with Crippen molar-refractivity contribution in [2.75, 3.05) is 12.4 Å². The van der Waals surface area contributed by atoms with Gasteiger partial charge in [0.1, 0.15) is 34.6 Å². The lowest BCUT2D eigenvalue weighted by Crippen LogP contribution is -2.32. The molecule has 5 rings (SSSR count). The van der Waals surface area contributed by atoms with Crippen LogP contribution in [0.2, 0.25) is 5.02 Å². The molecule has 0 bridgehead atoms. The van der Waals surface area contributed by atoms with Gasteiger partial charge in [-0.15, -0.1) is 0 Å². The number of hydrogen-bond acceptors (Lipinski definition) is 6. The Morgan fingerprint density at radius 2 is 1.62 bits per heavy atom. The SMILES string of the molecule is COc1cc(OS(=O)(=O)c2ccc(Cl)cc2)ccc1-c1ccc2c(c1COc1cc(F)ccc1C)C(C)=CC(C)(C)N2. The summed E-state index contributed by atoms with van der Waals surface area (Å²) < 4.78 is 57.1. The maximum absolute atomic E-state index is 14.0. The summed E-state index contributed by atoms with van der Waals surface area (Å²) in [5, 5.41) is 3.99. The first-order valence-electron chi connectivity index (χ1n) is 13.3. The van der Waals surface area contributed by atoms with Gasteiger partial charge in [0.2, 0.25) is 0 Å². The average Bonchev–Trinajstić information content (AvgIpc) is 2.92. The van der Waals surface area contributed by atoms with Gasteiger partial charge in [0.15, 0.2) is 0 Å². The molecular formula is C33H31ClFNO5S. The lowest BCUT2D eigenvalue weighted by Gasteiger charge is -2.33. The van der Waals surface area contributed by atoms with Gasteiger partial charge in [0, 0.05) is 39.5 Å². The van der Waals surface area contributed by atoms with Gasteiger partial charge < -0.3 is 19.0 Å². The molecule has 0 saturated carbocycles. The maximum atomic E-state index is 14.0. The molecule has 0 unspecified atom stereocenters. The zero-order chi connectivity index (χ0) is 30.2. The van der Waals surface area contributed by atoms with E-state index in [2.05, 4.69) is 32.2 Å². The minimum Gasteiger partial charge on any atom is -0.496 e. The largest absolute Gasteiger partial charge is 0.496 e. The fourth-order valence-electron chi connectivity index (χ4n) is 5.20. The van der Waals surface area contributed by atoms with E-state index in [-0.39, 0.29) is 28.6 Å². The van der Waals surface area contributed by atoms with Crippen LogP contribution in [0.3, 0.4) is 0 Å². The molecule has 0 atom stereocenters. The number of methoxy groups -OCH3 is 1. The Morgan fingerprint density at radius 1 is 0.905 bits per heavy atom. The summed E-state index contributed by atoms with van der Waals surface area (Å²) >= 11 is 5.90. The van der Waals surface area contributed by atoms with E-state index in [1.165, 1.54) is 49.6 Å². The van der Waals surface area contributed by atoms with Gasteiger partial charge in [0.25, 0.3) is 0 Å². The van der Waals surface area contributed by atoms with E-state index in [1.807, 2.05) is 19.1 Å². The number of rotatable bonds is 8. The van der Waals surface area contributed by atoms with E-state index in [0.29, 0.717) is 22.1 Å². The molecule has 0 saturated heterocycles. The molecule has 0 radical (unpaired) electrons. The topological polar surface area (TPSA) is 73.9 Å². The molecule has 1 heterocycles. The lowest BCUT2D eigenvalue weighted by atomic mass is 9.85. The minimum absolute atomic E-state index is 0.0191. The van der Waals surface area contributed by atoms with Crippen LogP contribution in [-0.2, 0) is 16.7 Å². The normalized spacial score (nSPS) is 13.9. The number of aryl methyl sites for hydroxylation is 1. The highest BCUT2D eigenvalue weighted by atomic mass is 35.5. The second-order valence-electron chi connectivity index (χ2n) is 10.7. The molecule has 6 nitrogen and oxygen atoms in total. The van der Waals surface area contributed by atoms with Crippen molar-refractivity contribution in [1.29, 1.82) is 0 Å². The number of fused-ring (bicyclic) bond motifs is 1. The Hall–Kier alpha value is -4.01. The van der Waals surface area contributed by atoms with Crippen LogP contribution in [0.15, 0.2) is 83.8 Å². The number of allylic oxidation sites excluding steroid dienone is 1. The minimum atomic E-state index is -4.10. The van der Waals surface area contributed by atoms with E-state index in [1.54, 1.807) is 18.2 Å². The molecule has 1 aliphatic rings. The average molecular weight is 608 g/mol. The first-order chi connectivity index (χ1) is 19.9. The highest BCUT2D eigenvalue weighted by Gasteiger charge is 2.27. The summed E-state index contributed by atoms with van der Waals surface area (Å²) in [4.78, 5) is -0.0191. The van der Waals surface area contributed by atoms with Gasteiger partial charge >= 0.3 is 10.1 Å². The lowest BCUT2D eigenvalue weighted by molar-refractivity contribution is 0.302. The summed E-state index contributed by atoms with van der Waals surface area (Å²) in [6, 6.07) is 19.0. The van der Waals surface area contributed by atoms with Gasteiger partial charge in [-0.2, -0.15) is 8.42 Å². The van der Waals surface area contributed by atoms with Crippen LogP contribution >= 0.6 is 11.6 Å². The number of halogens is 2. The standard InChI is InChI=1S/C33H31ClFNO5S/c1-20-6-9-23(35)16-30(20)40-19-28-26(14-15-29-32(28)21(2)18-33(3,4)36-29)27-13-10-24(17-31(27)39-5)41-42(37,38)25-11-7-22(34)8-12-25/h6-18,36H,19H2,1-5H3. The molecule has 0 spiro atoms. The highest BCUT2D eigenvalue weighted by molar-refractivity contribution is 7.87. The third-order valence-corrected chi connectivity index (χ3v) is 8.55. The Bertz CT molecular complexity index is 1800. The number of anilines is 1. The van der Waals surface area contributed by atoms with Gasteiger partial charge in [-0.3, -0.25) is 0 Å². The Morgan fingerprint density at radius 3 is 2.33 bits per heavy atom. The molecule has 42 heavy (non-hydrogen) atoms. The summed E-state index contributed by atoms with van der Waals surface area (Å²) in [7, 11) is -2.59. The van der Waals surface area contributed by atoms with Crippen LogP contribution in [0.1, 0.15) is 37.5 Å². The predicted octanol–water partition coefficient (Wildman–Crippen LogP) is 8.42. The van der Waals surface area contributed by atoms with Gasteiger partial charge in [-0.05, 0) is 92.9 Å².